The molecule has 0 saturated carbocycles. The van der Waals surface area contributed by atoms with Crippen LogP contribution in [0.3, 0.4) is 0 Å². The standard InChI is InChI=1S/C10H19NO.C10H21N.C10H23N/c1-10(2,3)6-8-11-7-4-5-9(11)12;1-10(2,3)6-9-11-7-4-5-8-11;1-6-11(7-2)9-8-10(3,4)5/h4-8H2,1-3H3;4-9H2,1-3H3;6-9H2,1-5H3. The first-order chi connectivity index (χ1) is 15.6. The summed E-state index contributed by atoms with van der Waals surface area (Å²) < 4.78 is 0. The molecule has 4 nitrogen and oxygen atoms in total. The van der Waals surface area contributed by atoms with Gasteiger partial charge in [0.2, 0.25) is 5.91 Å². The predicted molar refractivity (Wildman–Crippen MR) is 151 cm³/mol. The Kier molecular flexibility index (Phi) is 15.9. The van der Waals surface area contributed by atoms with E-state index in [1.54, 1.807) is 0 Å². The van der Waals surface area contributed by atoms with Crippen molar-refractivity contribution in [1.82, 2.24) is 14.7 Å². The van der Waals surface area contributed by atoms with Crippen LogP contribution in [-0.2, 0) is 4.79 Å². The van der Waals surface area contributed by atoms with E-state index < -0.39 is 0 Å². The summed E-state index contributed by atoms with van der Waals surface area (Å²) in [5, 5.41) is 0. The topological polar surface area (TPSA) is 26.8 Å². The first kappa shape index (κ1) is 33.4. The van der Waals surface area contributed by atoms with Crippen LogP contribution in [0.1, 0.15) is 121 Å². The molecule has 0 N–H and O–H groups in total. The SMILES string of the molecule is CC(C)(C)CCN1CCCC1.CC(C)(C)CCN1CCCC1=O.CCN(CC)CCC(C)(C)C. The van der Waals surface area contributed by atoms with Crippen LogP contribution in [0.4, 0.5) is 0 Å². The fourth-order valence-corrected chi connectivity index (χ4v) is 3.94. The lowest BCUT2D eigenvalue weighted by atomic mass is 9.92. The minimum Gasteiger partial charge on any atom is -0.343 e. The van der Waals surface area contributed by atoms with E-state index in [1.165, 1.54) is 65.0 Å². The minimum atomic E-state index is 0.347. The number of hydrogen-bond donors (Lipinski definition) is 0. The van der Waals surface area contributed by atoms with Crippen LogP contribution >= 0.6 is 0 Å². The van der Waals surface area contributed by atoms with Crippen molar-refractivity contribution in [3.63, 3.8) is 0 Å². The quantitative estimate of drug-likeness (QED) is 0.363. The average Bonchev–Trinajstić information content (AvgIpc) is 3.36. The number of carbonyl (C=O) groups excluding carboxylic acids is 1. The molecule has 0 aromatic heterocycles. The number of nitrogens with zero attached hydrogens (tertiary/aromatic N) is 3. The van der Waals surface area contributed by atoms with Crippen molar-refractivity contribution in [2.75, 3.05) is 52.4 Å². The van der Waals surface area contributed by atoms with Crippen molar-refractivity contribution in [2.45, 2.75) is 121 Å². The van der Waals surface area contributed by atoms with E-state index in [1.807, 2.05) is 4.90 Å². The summed E-state index contributed by atoms with van der Waals surface area (Å²) in [4.78, 5) is 18.3. The molecule has 2 rings (SSSR count). The largest absolute Gasteiger partial charge is 0.343 e. The second-order valence-corrected chi connectivity index (χ2v) is 14.0. The first-order valence-electron chi connectivity index (χ1n) is 14.3. The van der Waals surface area contributed by atoms with Gasteiger partial charge in [0, 0.05) is 19.5 Å². The average molecular weight is 482 g/mol. The predicted octanol–water partition coefficient (Wildman–Crippen LogP) is 7.33. The summed E-state index contributed by atoms with van der Waals surface area (Å²) in [6.45, 7) is 34.5. The number of hydrogen-bond acceptors (Lipinski definition) is 3. The highest BCUT2D eigenvalue weighted by Crippen LogP contribution is 2.21. The highest BCUT2D eigenvalue weighted by atomic mass is 16.2. The molecule has 0 radical (unpaired) electrons. The van der Waals surface area contributed by atoms with Crippen LogP contribution in [0.25, 0.3) is 0 Å². The molecular formula is C30H63N3O. The maximum absolute atomic E-state index is 11.2. The third kappa shape index (κ3) is 19.7. The molecule has 2 aliphatic heterocycles. The summed E-state index contributed by atoms with van der Waals surface area (Å²) in [6, 6.07) is 0. The zero-order valence-electron chi connectivity index (χ0n) is 25.4. The lowest BCUT2D eigenvalue weighted by molar-refractivity contribution is -0.127. The van der Waals surface area contributed by atoms with Gasteiger partial charge in [0.1, 0.15) is 0 Å². The third-order valence-corrected chi connectivity index (χ3v) is 6.75. The summed E-state index contributed by atoms with van der Waals surface area (Å²) in [7, 11) is 0. The van der Waals surface area contributed by atoms with Gasteiger partial charge < -0.3 is 14.7 Å². The van der Waals surface area contributed by atoms with E-state index >= 15 is 0 Å². The Hall–Kier alpha value is -0.610. The third-order valence-electron chi connectivity index (χ3n) is 6.75. The molecule has 0 bridgehead atoms. The summed E-state index contributed by atoms with van der Waals surface area (Å²) in [5.41, 5.74) is 1.36. The zero-order chi connectivity index (χ0) is 26.4. The lowest BCUT2D eigenvalue weighted by Gasteiger charge is -2.24. The molecule has 1 amide bonds. The lowest BCUT2D eigenvalue weighted by Crippen LogP contribution is -2.28. The van der Waals surface area contributed by atoms with Crippen molar-refractivity contribution in [1.29, 1.82) is 0 Å². The smallest absolute Gasteiger partial charge is 0.222 e. The van der Waals surface area contributed by atoms with Gasteiger partial charge in [0.05, 0.1) is 0 Å². The normalized spacial score (nSPS) is 17.5. The second-order valence-electron chi connectivity index (χ2n) is 14.0. The van der Waals surface area contributed by atoms with Gasteiger partial charge >= 0.3 is 0 Å². The van der Waals surface area contributed by atoms with Gasteiger partial charge in [-0.25, -0.2) is 0 Å². The van der Waals surface area contributed by atoms with E-state index in [9.17, 15) is 4.79 Å². The van der Waals surface area contributed by atoms with Gasteiger partial charge in [-0.3, -0.25) is 4.79 Å². The molecule has 2 heterocycles. The Morgan fingerprint density at radius 1 is 0.676 bits per heavy atom. The number of likely N-dealkylation sites (tertiary alicyclic amines) is 2. The molecule has 4 heteroatoms. The van der Waals surface area contributed by atoms with E-state index in [0.717, 1.165) is 32.4 Å². The van der Waals surface area contributed by atoms with Crippen LogP contribution in [0, 0.1) is 16.2 Å². The van der Waals surface area contributed by atoms with Crippen molar-refractivity contribution in [3.05, 3.63) is 0 Å². The summed E-state index contributed by atoms with van der Waals surface area (Å²) in [6.07, 6.45) is 8.42. The molecular weight excluding hydrogens is 418 g/mol. The van der Waals surface area contributed by atoms with Crippen LogP contribution in [0.2, 0.25) is 0 Å². The van der Waals surface area contributed by atoms with Gasteiger partial charge in [0.25, 0.3) is 0 Å². The van der Waals surface area contributed by atoms with E-state index in [-0.39, 0.29) is 0 Å². The van der Waals surface area contributed by atoms with Gasteiger partial charge in [0.15, 0.2) is 0 Å². The molecule has 0 spiro atoms. The Morgan fingerprint density at radius 3 is 1.53 bits per heavy atom. The number of rotatable bonds is 8. The molecule has 2 fully saturated rings. The number of carbonyl (C=O) groups is 1. The fourth-order valence-electron chi connectivity index (χ4n) is 3.94. The highest BCUT2D eigenvalue weighted by molar-refractivity contribution is 5.77. The van der Waals surface area contributed by atoms with Crippen molar-refractivity contribution >= 4 is 5.91 Å². The van der Waals surface area contributed by atoms with E-state index in [0.29, 0.717) is 22.2 Å². The van der Waals surface area contributed by atoms with E-state index in [4.69, 9.17) is 0 Å². The maximum atomic E-state index is 11.2. The molecule has 2 saturated heterocycles. The molecule has 34 heavy (non-hydrogen) atoms. The van der Waals surface area contributed by atoms with Crippen LogP contribution in [0.15, 0.2) is 0 Å². The monoisotopic (exact) mass is 481 g/mol. The van der Waals surface area contributed by atoms with Gasteiger partial charge in [-0.2, -0.15) is 0 Å². The molecule has 0 aromatic carbocycles. The van der Waals surface area contributed by atoms with Crippen molar-refractivity contribution in [2.24, 2.45) is 16.2 Å². The zero-order valence-corrected chi connectivity index (χ0v) is 25.4. The Labute approximate surface area is 215 Å². The maximum Gasteiger partial charge on any atom is 0.222 e. The summed E-state index contributed by atoms with van der Waals surface area (Å²) >= 11 is 0. The van der Waals surface area contributed by atoms with Crippen LogP contribution in [0.5, 0.6) is 0 Å². The molecule has 0 aliphatic carbocycles. The fraction of sp³-hybridized carbons (Fsp3) is 0.967. The van der Waals surface area contributed by atoms with Crippen molar-refractivity contribution < 1.29 is 4.79 Å². The molecule has 0 unspecified atom stereocenters. The molecule has 2 aliphatic rings. The summed E-state index contributed by atoms with van der Waals surface area (Å²) in [5.74, 6) is 0.347. The Morgan fingerprint density at radius 2 is 1.15 bits per heavy atom. The minimum absolute atomic E-state index is 0.347. The second kappa shape index (κ2) is 16.2. The molecule has 204 valence electrons. The Bertz CT molecular complexity index is 499. The van der Waals surface area contributed by atoms with Crippen molar-refractivity contribution in [3.8, 4) is 0 Å². The van der Waals surface area contributed by atoms with Crippen LogP contribution < -0.4 is 0 Å². The van der Waals surface area contributed by atoms with Gasteiger partial charge in [-0.05, 0) is 94.0 Å². The molecule has 0 aromatic rings. The first-order valence-corrected chi connectivity index (χ1v) is 14.3. The molecule has 0 atom stereocenters. The highest BCUT2D eigenvalue weighted by Gasteiger charge is 2.21. The van der Waals surface area contributed by atoms with Gasteiger partial charge in [-0.1, -0.05) is 76.2 Å². The Balaban J connectivity index is 0.000000481. The van der Waals surface area contributed by atoms with E-state index in [2.05, 4.69) is 86.0 Å². The van der Waals surface area contributed by atoms with Gasteiger partial charge in [-0.15, -0.1) is 0 Å². The van der Waals surface area contributed by atoms with Crippen LogP contribution in [-0.4, -0.2) is 73.0 Å². The number of amides is 1.